The van der Waals surface area contributed by atoms with Crippen LogP contribution in [0.15, 0.2) is 53.4 Å². The second kappa shape index (κ2) is 9.79. The Bertz CT molecular complexity index is 1120. The van der Waals surface area contributed by atoms with Crippen LogP contribution in [0.1, 0.15) is 38.2 Å². The summed E-state index contributed by atoms with van der Waals surface area (Å²) >= 11 is 0. The minimum absolute atomic E-state index is 0.00122. The minimum atomic E-state index is -4.05. The third kappa shape index (κ3) is 4.69. The van der Waals surface area contributed by atoms with Gasteiger partial charge in [-0.1, -0.05) is 30.3 Å². The van der Waals surface area contributed by atoms with Crippen LogP contribution >= 0.6 is 0 Å². The zero-order valence-corrected chi connectivity index (χ0v) is 19.5. The van der Waals surface area contributed by atoms with E-state index in [9.17, 15) is 23.4 Å². The number of carboxylic acid groups (broad SMARTS) is 1. The van der Waals surface area contributed by atoms with Gasteiger partial charge in [0.1, 0.15) is 0 Å². The largest absolute Gasteiger partial charge is 0.464 e. The van der Waals surface area contributed by atoms with E-state index < -0.39 is 33.0 Å². The quantitative estimate of drug-likeness (QED) is 0.452. The summed E-state index contributed by atoms with van der Waals surface area (Å²) in [5.41, 5.74) is 3.18. The summed E-state index contributed by atoms with van der Waals surface area (Å²) in [4.78, 5) is 16.2. The van der Waals surface area contributed by atoms with Crippen molar-refractivity contribution in [3.63, 3.8) is 0 Å². The molecule has 34 heavy (non-hydrogen) atoms. The van der Waals surface area contributed by atoms with Crippen LogP contribution < -0.4 is 15.1 Å². The number of benzene rings is 2. The SMILES string of the molecule is CC(O)C(Cc1ccccc1)N(NOC1(S(=O)(=O)c2ccc3c(c2)OCO3)CCCC1)C(=O)O. The molecule has 184 valence electrons. The van der Waals surface area contributed by atoms with E-state index in [1.807, 2.05) is 30.3 Å². The summed E-state index contributed by atoms with van der Waals surface area (Å²) < 4.78 is 37.9. The maximum Gasteiger partial charge on any atom is 0.423 e. The molecule has 1 saturated carbocycles. The molecule has 0 saturated heterocycles. The molecule has 11 heteroatoms. The first kappa shape index (κ1) is 24.3. The number of amides is 1. The number of sulfone groups is 1. The molecule has 2 aromatic rings. The van der Waals surface area contributed by atoms with Crippen molar-refractivity contribution in [3.05, 3.63) is 54.1 Å². The van der Waals surface area contributed by atoms with Gasteiger partial charge in [-0.05, 0) is 56.7 Å². The molecule has 0 aromatic heterocycles. The number of hydrazine groups is 1. The van der Waals surface area contributed by atoms with Gasteiger partial charge in [0, 0.05) is 6.07 Å². The first-order chi connectivity index (χ1) is 16.2. The van der Waals surface area contributed by atoms with Crippen LogP contribution in [0.5, 0.6) is 11.5 Å². The zero-order valence-electron chi connectivity index (χ0n) is 18.7. The number of ether oxygens (including phenoxy) is 2. The van der Waals surface area contributed by atoms with Crippen molar-refractivity contribution in [1.82, 2.24) is 10.6 Å². The number of aliphatic hydroxyl groups excluding tert-OH is 1. The Hall–Kier alpha value is -2.86. The van der Waals surface area contributed by atoms with Crippen LogP contribution in [0.25, 0.3) is 0 Å². The number of nitrogens with zero attached hydrogens (tertiary/aromatic N) is 1. The lowest BCUT2D eigenvalue weighted by Crippen LogP contribution is -2.57. The normalized spacial score (nSPS) is 18.4. The van der Waals surface area contributed by atoms with Crippen LogP contribution in [-0.4, -0.2) is 53.6 Å². The molecule has 0 radical (unpaired) electrons. The van der Waals surface area contributed by atoms with Gasteiger partial charge in [-0.2, -0.15) is 0 Å². The molecule has 4 rings (SSSR count). The van der Waals surface area contributed by atoms with Crippen molar-refractivity contribution >= 4 is 15.9 Å². The average Bonchev–Trinajstić information content (AvgIpc) is 3.49. The summed E-state index contributed by atoms with van der Waals surface area (Å²) in [7, 11) is -4.05. The average molecular weight is 493 g/mol. The number of carbonyl (C=O) groups is 1. The van der Waals surface area contributed by atoms with Crippen molar-refractivity contribution in [2.75, 3.05) is 6.79 Å². The van der Waals surface area contributed by atoms with E-state index in [0.717, 1.165) is 10.6 Å². The molecule has 10 nitrogen and oxygen atoms in total. The molecule has 1 aliphatic carbocycles. The molecule has 1 amide bonds. The Morgan fingerprint density at radius 1 is 1.15 bits per heavy atom. The van der Waals surface area contributed by atoms with Gasteiger partial charge in [-0.3, -0.25) is 4.84 Å². The fraction of sp³-hybridized carbons (Fsp3) is 0.435. The topological polar surface area (TPSA) is 135 Å². The highest BCUT2D eigenvalue weighted by Crippen LogP contribution is 2.43. The predicted molar refractivity (Wildman–Crippen MR) is 121 cm³/mol. The fourth-order valence-electron chi connectivity index (χ4n) is 4.31. The van der Waals surface area contributed by atoms with Crippen molar-refractivity contribution < 1.29 is 37.7 Å². The van der Waals surface area contributed by atoms with Crippen LogP contribution in [0.2, 0.25) is 0 Å². The van der Waals surface area contributed by atoms with E-state index in [2.05, 4.69) is 5.59 Å². The van der Waals surface area contributed by atoms with Gasteiger partial charge >= 0.3 is 6.09 Å². The molecule has 1 aliphatic heterocycles. The third-order valence-corrected chi connectivity index (χ3v) is 8.57. The molecule has 3 N–H and O–H groups in total. The van der Waals surface area contributed by atoms with Gasteiger partial charge in [0.05, 0.1) is 17.0 Å². The molecule has 2 atom stereocenters. The third-order valence-electron chi connectivity index (χ3n) is 6.22. The van der Waals surface area contributed by atoms with E-state index in [0.29, 0.717) is 24.3 Å². The summed E-state index contributed by atoms with van der Waals surface area (Å²) in [6, 6.07) is 12.5. The molecular weight excluding hydrogens is 464 g/mol. The molecule has 1 fully saturated rings. The summed E-state index contributed by atoms with van der Waals surface area (Å²) in [5, 5.41) is 20.9. The van der Waals surface area contributed by atoms with Gasteiger partial charge in [0.2, 0.25) is 16.6 Å². The van der Waals surface area contributed by atoms with E-state index >= 15 is 0 Å². The number of hydrogen-bond donors (Lipinski definition) is 3. The first-order valence-corrected chi connectivity index (χ1v) is 12.5. The molecule has 0 spiro atoms. The highest BCUT2D eigenvalue weighted by atomic mass is 32.2. The number of fused-ring (bicyclic) bond motifs is 1. The Kier molecular flexibility index (Phi) is 6.99. The van der Waals surface area contributed by atoms with Crippen LogP contribution in [0.4, 0.5) is 4.79 Å². The van der Waals surface area contributed by atoms with Gasteiger partial charge in [-0.15, -0.1) is 5.59 Å². The molecule has 0 bridgehead atoms. The Morgan fingerprint density at radius 2 is 1.82 bits per heavy atom. The van der Waals surface area contributed by atoms with Crippen molar-refractivity contribution in [2.24, 2.45) is 0 Å². The van der Waals surface area contributed by atoms with E-state index in [4.69, 9.17) is 14.3 Å². The lowest BCUT2D eigenvalue weighted by atomic mass is 10.0. The van der Waals surface area contributed by atoms with Crippen LogP contribution in [0, 0.1) is 0 Å². The Labute approximate surface area is 197 Å². The minimum Gasteiger partial charge on any atom is -0.464 e. The number of hydrogen-bond acceptors (Lipinski definition) is 8. The standard InChI is InChI=1S/C23H28N2O8S/c1-16(26)19(13-17-7-3-2-4-8-17)25(22(27)28)24-33-23(11-5-6-12-23)34(29,30)18-9-10-20-21(14-18)32-15-31-20/h2-4,7-10,14,16,19,24,26H,5-6,11-13,15H2,1H3,(H,27,28). The lowest BCUT2D eigenvalue weighted by Gasteiger charge is -2.35. The number of nitrogens with one attached hydrogen (secondary N) is 1. The number of aliphatic hydroxyl groups is 1. The van der Waals surface area contributed by atoms with Crippen LogP contribution in [0.3, 0.4) is 0 Å². The Morgan fingerprint density at radius 3 is 2.47 bits per heavy atom. The number of rotatable bonds is 9. The second-order valence-electron chi connectivity index (χ2n) is 8.48. The highest BCUT2D eigenvalue weighted by Gasteiger charge is 2.50. The van der Waals surface area contributed by atoms with Gasteiger partial charge in [-0.25, -0.2) is 18.2 Å². The van der Waals surface area contributed by atoms with E-state index in [1.54, 1.807) is 0 Å². The molecular formula is C23H28N2O8S. The predicted octanol–water partition coefficient (Wildman–Crippen LogP) is 2.87. The Balaban J connectivity index is 1.59. The van der Waals surface area contributed by atoms with Crippen molar-refractivity contribution in [2.45, 2.75) is 61.0 Å². The molecule has 1 heterocycles. The summed E-state index contributed by atoms with van der Waals surface area (Å²) in [5.74, 6) is 0.780. The highest BCUT2D eigenvalue weighted by molar-refractivity contribution is 7.92. The van der Waals surface area contributed by atoms with Crippen LogP contribution in [-0.2, 0) is 21.1 Å². The molecule has 2 aliphatic rings. The maximum absolute atomic E-state index is 13.7. The monoisotopic (exact) mass is 492 g/mol. The lowest BCUT2D eigenvalue weighted by molar-refractivity contribution is -0.149. The summed E-state index contributed by atoms with van der Waals surface area (Å²) in [6.45, 7) is 1.48. The second-order valence-corrected chi connectivity index (χ2v) is 10.7. The zero-order chi connectivity index (χ0) is 24.3. The first-order valence-electron chi connectivity index (χ1n) is 11.1. The van der Waals surface area contributed by atoms with Crippen molar-refractivity contribution in [1.29, 1.82) is 0 Å². The molecule has 2 unspecified atom stereocenters. The van der Waals surface area contributed by atoms with Gasteiger partial charge in [0.25, 0.3) is 0 Å². The summed E-state index contributed by atoms with van der Waals surface area (Å²) in [6.07, 6.45) is -0.703. The maximum atomic E-state index is 13.7. The van der Waals surface area contributed by atoms with Crippen molar-refractivity contribution in [3.8, 4) is 11.5 Å². The van der Waals surface area contributed by atoms with Gasteiger partial charge < -0.3 is 19.7 Å². The smallest absolute Gasteiger partial charge is 0.423 e. The van der Waals surface area contributed by atoms with Gasteiger partial charge in [0.15, 0.2) is 16.4 Å². The molecule has 2 aromatic carbocycles. The van der Waals surface area contributed by atoms with E-state index in [1.165, 1.54) is 25.1 Å². The fourth-order valence-corrected chi connectivity index (χ4v) is 6.22. The van der Waals surface area contributed by atoms with E-state index in [-0.39, 0.29) is 31.0 Å².